The molecule has 1 aliphatic rings. The van der Waals surface area contributed by atoms with Crippen molar-refractivity contribution >= 4 is 27.8 Å². The number of rotatable bonds is 6. The summed E-state index contributed by atoms with van der Waals surface area (Å²) in [6.45, 7) is 0. The molecular formula is C47H33N. The molecule has 0 saturated carbocycles. The lowest BCUT2D eigenvalue weighted by atomic mass is 9.66. The SMILES string of the molecule is c1ccc(-c2cc3ccccc3c3c2-c2cc(N(c4ccccc4)c4ccccc4)ccc2C3(c2ccccc2)c2ccccc2)cc1. The number of para-hydroxylation sites is 2. The summed E-state index contributed by atoms with van der Waals surface area (Å²) in [5.74, 6) is 0. The molecule has 1 aliphatic carbocycles. The zero-order chi connectivity index (χ0) is 31.9. The second-order valence-electron chi connectivity index (χ2n) is 12.5. The predicted molar refractivity (Wildman–Crippen MR) is 201 cm³/mol. The molecule has 0 spiro atoms. The molecule has 1 heteroatoms. The highest BCUT2D eigenvalue weighted by Crippen LogP contribution is 2.61. The van der Waals surface area contributed by atoms with Gasteiger partial charge >= 0.3 is 0 Å². The van der Waals surface area contributed by atoms with Gasteiger partial charge in [0.15, 0.2) is 0 Å². The minimum atomic E-state index is -0.527. The van der Waals surface area contributed by atoms with Crippen molar-refractivity contribution < 1.29 is 0 Å². The summed E-state index contributed by atoms with van der Waals surface area (Å²) in [4.78, 5) is 2.37. The highest BCUT2D eigenvalue weighted by molar-refractivity contribution is 6.07. The van der Waals surface area contributed by atoms with Gasteiger partial charge in [-0.2, -0.15) is 0 Å². The number of nitrogens with zero attached hydrogens (tertiary/aromatic N) is 1. The van der Waals surface area contributed by atoms with Crippen LogP contribution in [-0.2, 0) is 5.41 Å². The summed E-state index contributed by atoms with van der Waals surface area (Å²) in [5.41, 5.74) is 13.1. The molecule has 0 N–H and O–H groups in total. The summed E-state index contributed by atoms with van der Waals surface area (Å²) in [6, 6.07) is 73.0. The van der Waals surface area contributed by atoms with Gasteiger partial charge in [-0.15, -0.1) is 0 Å². The third kappa shape index (κ3) is 4.32. The van der Waals surface area contributed by atoms with Gasteiger partial charge in [0.05, 0.1) is 5.41 Å². The van der Waals surface area contributed by atoms with Crippen LogP contribution in [0.3, 0.4) is 0 Å². The van der Waals surface area contributed by atoms with E-state index in [1.165, 1.54) is 55.3 Å². The molecule has 8 aromatic rings. The Bertz CT molecular complexity index is 2290. The van der Waals surface area contributed by atoms with Crippen molar-refractivity contribution in [2.45, 2.75) is 5.41 Å². The smallest absolute Gasteiger partial charge is 0.0719 e. The van der Waals surface area contributed by atoms with Gasteiger partial charge in [0.2, 0.25) is 0 Å². The summed E-state index contributed by atoms with van der Waals surface area (Å²) < 4.78 is 0. The second kappa shape index (κ2) is 11.6. The van der Waals surface area contributed by atoms with Crippen LogP contribution < -0.4 is 4.90 Å². The van der Waals surface area contributed by atoms with Gasteiger partial charge in [-0.05, 0) is 97.7 Å². The maximum Gasteiger partial charge on any atom is 0.0719 e. The Labute approximate surface area is 282 Å². The zero-order valence-electron chi connectivity index (χ0n) is 26.5. The lowest BCUT2D eigenvalue weighted by Gasteiger charge is -2.35. The molecule has 0 amide bonds. The van der Waals surface area contributed by atoms with Crippen molar-refractivity contribution in [2.75, 3.05) is 4.90 Å². The highest BCUT2D eigenvalue weighted by atomic mass is 15.1. The number of fused-ring (bicyclic) bond motifs is 5. The van der Waals surface area contributed by atoms with Gasteiger partial charge < -0.3 is 4.90 Å². The van der Waals surface area contributed by atoms with E-state index >= 15 is 0 Å². The molecule has 0 saturated heterocycles. The zero-order valence-corrected chi connectivity index (χ0v) is 26.5. The van der Waals surface area contributed by atoms with Crippen molar-refractivity contribution in [2.24, 2.45) is 0 Å². The van der Waals surface area contributed by atoms with Crippen LogP contribution in [0.2, 0.25) is 0 Å². The molecule has 0 atom stereocenters. The van der Waals surface area contributed by atoms with E-state index in [4.69, 9.17) is 0 Å². The van der Waals surface area contributed by atoms with Crippen molar-refractivity contribution in [3.63, 3.8) is 0 Å². The van der Waals surface area contributed by atoms with E-state index in [2.05, 4.69) is 205 Å². The molecule has 48 heavy (non-hydrogen) atoms. The Morgan fingerprint density at radius 2 is 0.875 bits per heavy atom. The number of hydrogen-bond acceptors (Lipinski definition) is 1. The van der Waals surface area contributed by atoms with Gasteiger partial charge in [0.1, 0.15) is 0 Å². The summed E-state index contributed by atoms with van der Waals surface area (Å²) >= 11 is 0. The average Bonchev–Trinajstić information content (AvgIpc) is 3.48. The fourth-order valence-electron chi connectivity index (χ4n) is 7.95. The van der Waals surface area contributed by atoms with Gasteiger partial charge in [-0.25, -0.2) is 0 Å². The Hall–Kier alpha value is -6.18. The monoisotopic (exact) mass is 611 g/mol. The lowest BCUT2D eigenvalue weighted by molar-refractivity contribution is 0.775. The van der Waals surface area contributed by atoms with Gasteiger partial charge in [0, 0.05) is 17.1 Å². The van der Waals surface area contributed by atoms with Crippen molar-refractivity contribution in [3.05, 3.63) is 222 Å². The first-order valence-electron chi connectivity index (χ1n) is 16.6. The van der Waals surface area contributed by atoms with Gasteiger partial charge in [0.25, 0.3) is 0 Å². The Morgan fingerprint density at radius 3 is 1.46 bits per heavy atom. The summed E-state index contributed by atoms with van der Waals surface area (Å²) in [7, 11) is 0. The number of anilines is 3. The minimum absolute atomic E-state index is 0.527. The van der Waals surface area contributed by atoms with E-state index in [0.717, 1.165) is 17.1 Å². The Balaban J connectivity index is 1.45. The van der Waals surface area contributed by atoms with E-state index in [1.54, 1.807) is 0 Å². The maximum atomic E-state index is 2.43. The normalized spacial score (nSPS) is 12.8. The van der Waals surface area contributed by atoms with Crippen LogP contribution in [-0.4, -0.2) is 0 Å². The summed E-state index contributed by atoms with van der Waals surface area (Å²) in [5, 5.41) is 2.52. The van der Waals surface area contributed by atoms with Crippen LogP contribution in [0.5, 0.6) is 0 Å². The first-order chi connectivity index (χ1) is 23.8. The molecule has 0 unspecified atom stereocenters. The van der Waals surface area contributed by atoms with E-state index in [-0.39, 0.29) is 0 Å². The third-order valence-corrected chi connectivity index (χ3v) is 9.89. The van der Waals surface area contributed by atoms with E-state index in [1.807, 2.05) is 0 Å². The van der Waals surface area contributed by atoms with Crippen LogP contribution in [0, 0.1) is 0 Å². The molecule has 0 fully saturated rings. The standard InChI is InChI=1S/C47H33N/c1-6-18-34(19-7-1)42-32-35-20-16-17-29-41(35)46-45(42)43-33-40(48(38-25-12-4-13-26-38)39-27-14-5-15-28-39)30-31-44(43)47(46,36-21-8-2-9-22-36)37-23-10-3-11-24-37/h1-33H. The van der Waals surface area contributed by atoms with Crippen LogP contribution in [0.25, 0.3) is 33.0 Å². The molecule has 8 aromatic carbocycles. The first-order valence-corrected chi connectivity index (χ1v) is 16.6. The van der Waals surface area contributed by atoms with E-state index in [9.17, 15) is 0 Å². The molecule has 1 nitrogen and oxygen atoms in total. The Morgan fingerprint density at radius 1 is 0.375 bits per heavy atom. The minimum Gasteiger partial charge on any atom is -0.310 e. The highest BCUT2D eigenvalue weighted by Gasteiger charge is 2.48. The molecule has 0 aromatic heterocycles. The quantitative estimate of drug-likeness (QED) is 0.181. The Kier molecular flexibility index (Phi) is 6.76. The largest absolute Gasteiger partial charge is 0.310 e. The predicted octanol–water partition coefficient (Wildman–Crippen LogP) is 12.3. The van der Waals surface area contributed by atoms with Crippen molar-refractivity contribution in [1.82, 2.24) is 0 Å². The van der Waals surface area contributed by atoms with Crippen LogP contribution in [0.4, 0.5) is 17.1 Å². The lowest BCUT2D eigenvalue weighted by Crippen LogP contribution is -2.29. The molecule has 9 rings (SSSR count). The number of benzene rings is 8. The molecule has 0 heterocycles. The average molecular weight is 612 g/mol. The maximum absolute atomic E-state index is 2.43. The number of hydrogen-bond donors (Lipinski definition) is 0. The van der Waals surface area contributed by atoms with Crippen LogP contribution >= 0.6 is 0 Å². The second-order valence-corrected chi connectivity index (χ2v) is 12.5. The van der Waals surface area contributed by atoms with E-state index < -0.39 is 5.41 Å². The van der Waals surface area contributed by atoms with Crippen LogP contribution in [0.1, 0.15) is 22.3 Å². The summed E-state index contributed by atoms with van der Waals surface area (Å²) in [6.07, 6.45) is 0. The van der Waals surface area contributed by atoms with Crippen molar-refractivity contribution in [1.29, 1.82) is 0 Å². The van der Waals surface area contributed by atoms with Gasteiger partial charge in [-0.3, -0.25) is 0 Å². The molecule has 0 bridgehead atoms. The van der Waals surface area contributed by atoms with Crippen molar-refractivity contribution in [3.8, 4) is 22.3 Å². The topological polar surface area (TPSA) is 3.24 Å². The molecule has 226 valence electrons. The van der Waals surface area contributed by atoms with Gasteiger partial charge in [-0.1, -0.05) is 158 Å². The first kappa shape index (κ1) is 28.1. The third-order valence-electron chi connectivity index (χ3n) is 9.89. The van der Waals surface area contributed by atoms with Crippen LogP contribution in [0.15, 0.2) is 200 Å². The fraction of sp³-hybridized carbons (Fsp3) is 0.0213. The molecular weight excluding hydrogens is 579 g/mol. The molecule has 0 radical (unpaired) electrons. The van der Waals surface area contributed by atoms with E-state index in [0.29, 0.717) is 0 Å². The molecule has 0 aliphatic heterocycles. The fourth-order valence-corrected chi connectivity index (χ4v) is 7.95.